The molecule has 10 heteroatoms. The number of halogens is 2. The molecular weight excluding hydrogens is 423 g/mol. The predicted octanol–water partition coefficient (Wildman–Crippen LogP) is 3.55. The van der Waals surface area contributed by atoms with Crippen molar-refractivity contribution in [3.8, 4) is 11.4 Å². The highest BCUT2D eigenvalue weighted by atomic mass is 35.5. The summed E-state index contributed by atoms with van der Waals surface area (Å²) in [4.78, 5) is 27.8. The fourth-order valence-corrected chi connectivity index (χ4v) is 4.19. The standard InChI is InChI=1S/C21H24ClFN6O2/c1-31-11-18(30)28-17-5-3-2-4-12(17)7-24-21-16(23)10-27-20(29-21)15-9-26-19-14(15)6-13(22)8-25-19/h6,8-10,12,17H,2-5,7,11H2,1H3,(H,25,26)(H,28,30)(H,24,27,29)/t12-,17+/m0/s1. The Bertz CT molecular complexity index is 1080. The van der Waals surface area contributed by atoms with E-state index < -0.39 is 5.82 Å². The number of H-pyrrole nitrogens is 1. The Morgan fingerprint density at radius 1 is 1.32 bits per heavy atom. The van der Waals surface area contributed by atoms with E-state index in [0.29, 0.717) is 28.6 Å². The van der Waals surface area contributed by atoms with E-state index in [2.05, 4.69) is 30.6 Å². The van der Waals surface area contributed by atoms with E-state index in [1.165, 1.54) is 7.11 Å². The highest BCUT2D eigenvalue weighted by Crippen LogP contribution is 2.29. The van der Waals surface area contributed by atoms with Crippen LogP contribution < -0.4 is 10.6 Å². The van der Waals surface area contributed by atoms with Gasteiger partial charge in [-0.1, -0.05) is 24.4 Å². The molecule has 3 heterocycles. The van der Waals surface area contributed by atoms with Gasteiger partial charge in [-0.3, -0.25) is 4.79 Å². The number of rotatable bonds is 7. The molecule has 1 aliphatic carbocycles. The number of aromatic nitrogens is 4. The van der Waals surface area contributed by atoms with E-state index in [4.69, 9.17) is 16.3 Å². The van der Waals surface area contributed by atoms with Crippen LogP contribution in [-0.2, 0) is 9.53 Å². The number of hydrogen-bond acceptors (Lipinski definition) is 6. The summed E-state index contributed by atoms with van der Waals surface area (Å²) in [6, 6.07) is 1.79. The van der Waals surface area contributed by atoms with Gasteiger partial charge in [0.05, 0.1) is 11.2 Å². The molecule has 0 spiro atoms. The normalized spacial score (nSPS) is 18.8. The summed E-state index contributed by atoms with van der Waals surface area (Å²) >= 11 is 6.07. The second-order valence-electron chi connectivity index (χ2n) is 7.67. The molecule has 1 fully saturated rings. The van der Waals surface area contributed by atoms with Gasteiger partial charge in [0.15, 0.2) is 17.5 Å². The van der Waals surface area contributed by atoms with Crippen LogP contribution in [0.1, 0.15) is 25.7 Å². The highest BCUT2D eigenvalue weighted by molar-refractivity contribution is 6.31. The number of nitrogens with one attached hydrogen (secondary N) is 3. The van der Waals surface area contributed by atoms with Gasteiger partial charge in [0.25, 0.3) is 0 Å². The molecule has 2 atom stereocenters. The lowest BCUT2D eigenvalue weighted by molar-refractivity contribution is -0.126. The maximum atomic E-state index is 14.4. The summed E-state index contributed by atoms with van der Waals surface area (Å²) in [5.74, 6) is -0.00445. The van der Waals surface area contributed by atoms with E-state index in [-0.39, 0.29) is 30.3 Å². The minimum absolute atomic E-state index is 0.0232. The molecule has 1 saturated carbocycles. The number of carbonyl (C=O) groups excluding carboxylic acids is 1. The van der Waals surface area contributed by atoms with Crippen molar-refractivity contribution in [1.82, 2.24) is 25.3 Å². The Kier molecular flexibility index (Phi) is 6.62. The van der Waals surface area contributed by atoms with Crippen LogP contribution >= 0.6 is 11.6 Å². The molecule has 3 aromatic heterocycles. The lowest BCUT2D eigenvalue weighted by Crippen LogP contribution is -2.45. The molecule has 3 N–H and O–H groups in total. The van der Waals surface area contributed by atoms with Crippen LogP contribution in [-0.4, -0.2) is 52.1 Å². The number of amides is 1. The van der Waals surface area contributed by atoms with Crippen molar-refractivity contribution in [3.63, 3.8) is 0 Å². The van der Waals surface area contributed by atoms with Crippen LogP contribution in [0, 0.1) is 11.7 Å². The van der Waals surface area contributed by atoms with Gasteiger partial charge in [0.2, 0.25) is 5.91 Å². The summed E-state index contributed by atoms with van der Waals surface area (Å²) < 4.78 is 19.3. The second kappa shape index (κ2) is 9.57. The van der Waals surface area contributed by atoms with Gasteiger partial charge in [-0.25, -0.2) is 19.3 Å². The van der Waals surface area contributed by atoms with Crippen LogP contribution in [0.25, 0.3) is 22.4 Å². The molecule has 0 aliphatic heterocycles. The van der Waals surface area contributed by atoms with Gasteiger partial charge in [-0.05, 0) is 24.8 Å². The smallest absolute Gasteiger partial charge is 0.246 e. The van der Waals surface area contributed by atoms with Crippen LogP contribution in [0.4, 0.5) is 10.2 Å². The fraction of sp³-hybridized carbons (Fsp3) is 0.429. The van der Waals surface area contributed by atoms with Crippen molar-refractivity contribution < 1.29 is 13.9 Å². The van der Waals surface area contributed by atoms with Crippen LogP contribution in [0.15, 0.2) is 24.7 Å². The molecule has 164 valence electrons. The van der Waals surface area contributed by atoms with E-state index in [1.807, 2.05) is 0 Å². The molecule has 0 unspecified atom stereocenters. The maximum absolute atomic E-state index is 14.4. The Morgan fingerprint density at radius 3 is 3.00 bits per heavy atom. The van der Waals surface area contributed by atoms with Gasteiger partial charge in [0.1, 0.15) is 12.3 Å². The number of methoxy groups -OCH3 is 1. The zero-order valence-electron chi connectivity index (χ0n) is 17.1. The Morgan fingerprint density at radius 2 is 2.16 bits per heavy atom. The number of aromatic amines is 1. The molecular formula is C21H24ClFN6O2. The number of anilines is 1. The third kappa shape index (κ3) is 4.94. The lowest BCUT2D eigenvalue weighted by Gasteiger charge is -2.32. The minimum Gasteiger partial charge on any atom is -0.375 e. The first-order valence-electron chi connectivity index (χ1n) is 10.2. The van der Waals surface area contributed by atoms with Gasteiger partial charge >= 0.3 is 0 Å². The maximum Gasteiger partial charge on any atom is 0.246 e. The Labute approximate surface area is 184 Å². The number of fused-ring (bicyclic) bond motifs is 1. The molecule has 1 aliphatic rings. The van der Waals surface area contributed by atoms with E-state index in [0.717, 1.165) is 37.3 Å². The van der Waals surface area contributed by atoms with Crippen molar-refractivity contribution in [2.75, 3.05) is 25.6 Å². The lowest BCUT2D eigenvalue weighted by atomic mass is 9.84. The van der Waals surface area contributed by atoms with Crippen molar-refractivity contribution in [2.24, 2.45) is 5.92 Å². The molecule has 4 rings (SSSR count). The first kappa shape index (κ1) is 21.5. The van der Waals surface area contributed by atoms with Crippen LogP contribution in [0.3, 0.4) is 0 Å². The third-order valence-corrected chi connectivity index (χ3v) is 5.75. The number of ether oxygens (including phenoxy) is 1. The van der Waals surface area contributed by atoms with Crippen molar-refractivity contribution in [2.45, 2.75) is 31.7 Å². The molecule has 31 heavy (non-hydrogen) atoms. The number of hydrogen-bond donors (Lipinski definition) is 3. The van der Waals surface area contributed by atoms with E-state index >= 15 is 0 Å². The largest absolute Gasteiger partial charge is 0.375 e. The molecule has 8 nitrogen and oxygen atoms in total. The van der Waals surface area contributed by atoms with Gasteiger partial charge < -0.3 is 20.4 Å². The Hall–Kier alpha value is -2.78. The van der Waals surface area contributed by atoms with Crippen molar-refractivity contribution in [3.05, 3.63) is 35.5 Å². The minimum atomic E-state index is -0.532. The molecule has 0 radical (unpaired) electrons. The zero-order valence-corrected chi connectivity index (χ0v) is 17.9. The molecule has 0 aromatic carbocycles. The van der Waals surface area contributed by atoms with E-state index in [9.17, 15) is 9.18 Å². The summed E-state index contributed by atoms with van der Waals surface area (Å²) in [5.41, 5.74) is 1.34. The van der Waals surface area contributed by atoms with Crippen molar-refractivity contribution in [1.29, 1.82) is 0 Å². The monoisotopic (exact) mass is 446 g/mol. The number of pyridine rings is 1. The third-order valence-electron chi connectivity index (χ3n) is 5.55. The SMILES string of the molecule is COCC(=O)N[C@@H]1CCCC[C@H]1CNc1nc(-c2c[nH]c3ncc(Cl)cc23)ncc1F. The molecule has 1 amide bonds. The van der Waals surface area contributed by atoms with Crippen LogP contribution in [0.2, 0.25) is 5.02 Å². The first-order chi connectivity index (χ1) is 15.0. The summed E-state index contributed by atoms with van der Waals surface area (Å²) in [7, 11) is 1.49. The average molecular weight is 447 g/mol. The van der Waals surface area contributed by atoms with Gasteiger partial charge in [-0.15, -0.1) is 0 Å². The Balaban J connectivity index is 1.51. The summed E-state index contributed by atoms with van der Waals surface area (Å²) in [6.45, 7) is 0.524. The summed E-state index contributed by atoms with van der Waals surface area (Å²) in [5, 5.41) is 7.40. The van der Waals surface area contributed by atoms with Gasteiger partial charge in [-0.2, -0.15) is 0 Å². The highest BCUT2D eigenvalue weighted by Gasteiger charge is 2.27. The van der Waals surface area contributed by atoms with Gasteiger partial charge in [0, 0.05) is 43.0 Å². The first-order valence-corrected chi connectivity index (χ1v) is 10.6. The molecule has 3 aromatic rings. The summed E-state index contributed by atoms with van der Waals surface area (Å²) in [6.07, 6.45) is 8.39. The topological polar surface area (TPSA) is 105 Å². The molecule has 0 saturated heterocycles. The quantitative estimate of drug-likeness (QED) is 0.512. The average Bonchev–Trinajstić information content (AvgIpc) is 3.17. The fourth-order valence-electron chi connectivity index (χ4n) is 4.03. The molecule has 0 bridgehead atoms. The predicted molar refractivity (Wildman–Crippen MR) is 116 cm³/mol. The van der Waals surface area contributed by atoms with Crippen molar-refractivity contribution >= 4 is 34.4 Å². The second-order valence-corrected chi connectivity index (χ2v) is 8.11. The number of nitrogens with zero attached hydrogens (tertiary/aromatic N) is 3. The zero-order chi connectivity index (χ0) is 21.8. The number of carbonyl (C=O) groups is 1. The van der Waals surface area contributed by atoms with Crippen LogP contribution in [0.5, 0.6) is 0 Å². The van der Waals surface area contributed by atoms with E-state index in [1.54, 1.807) is 18.5 Å².